The molecule has 0 fully saturated rings. The summed E-state index contributed by atoms with van der Waals surface area (Å²) in [6, 6.07) is 16.2. The molecule has 0 spiro atoms. The highest BCUT2D eigenvalue weighted by Crippen LogP contribution is 2.30. The highest BCUT2D eigenvalue weighted by molar-refractivity contribution is 6.32. The maximum absolute atomic E-state index is 11.9. The van der Waals surface area contributed by atoms with E-state index in [0.29, 0.717) is 28.0 Å². The monoisotopic (exact) mass is 413 g/mol. The number of para-hydroxylation sites is 2. The number of nitrogens with zero attached hydrogens (tertiary/aromatic N) is 1. The molecule has 29 heavy (non-hydrogen) atoms. The SMILES string of the molecule is COc1ccc(-c2ccc(/C=N/NC(=O)CNc3ccccc3OC)o2)cc1Cl. The standard InChI is InChI=1S/C21H20ClN3O4/c1-27-19-9-7-14(11-16(19)22)18-10-8-15(29-18)12-24-25-21(26)13-23-17-5-3-4-6-20(17)28-2/h3-12,23H,13H2,1-2H3,(H,25,26)/b24-12+. The molecule has 1 amide bonds. The fourth-order valence-corrected chi connectivity index (χ4v) is 2.83. The molecule has 1 aromatic heterocycles. The number of hydrazone groups is 1. The van der Waals surface area contributed by atoms with Crippen LogP contribution in [0.5, 0.6) is 11.5 Å². The topological polar surface area (TPSA) is 85.1 Å². The number of furan rings is 1. The molecular weight excluding hydrogens is 394 g/mol. The third-order valence-electron chi connectivity index (χ3n) is 3.99. The summed E-state index contributed by atoms with van der Waals surface area (Å²) in [6.07, 6.45) is 1.43. The van der Waals surface area contributed by atoms with E-state index in [9.17, 15) is 4.79 Å². The summed E-state index contributed by atoms with van der Waals surface area (Å²) in [6.45, 7) is 0.0471. The molecule has 0 aliphatic carbocycles. The highest BCUT2D eigenvalue weighted by atomic mass is 35.5. The minimum atomic E-state index is -0.305. The van der Waals surface area contributed by atoms with Gasteiger partial charge in [0.05, 0.1) is 37.7 Å². The van der Waals surface area contributed by atoms with Gasteiger partial charge >= 0.3 is 0 Å². The summed E-state index contributed by atoms with van der Waals surface area (Å²) in [5, 5.41) is 7.40. The molecule has 0 atom stereocenters. The second kappa shape index (κ2) is 9.66. The third kappa shape index (κ3) is 5.30. The van der Waals surface area contributed by atoms with Gasteiger partial charge in [0, 0.05) is 5.56 Å². The number of anilines is 1. The van der Waals surface area contributed by atoms with Gasteiger partial charge in [-0.2, -0.15) is 5.10 Å². The van der Waals surface area contributed by atoms with E-state index in [-0.39, 0.29) is 12.5 Å². The van der Waals surface area contributed by atoms with Crippen molar-refractivity contribution in [3.05, 3.63) is 65.4 Å². The molecule has 3 aromatic rings. The van der Waals surface area contributed by atoms with Crippen LogP contribution in [0.4, 0.5) is 5.69 Å². The molecule has 2 aromatic carbocycles. The molecule has 0 unspecified atom stereocenters. The van der Waals surface area contributed by atoms with Crippen LogP contribution in [0, 0.1) is 0 Å². The molecule has 0 aliphatic rings. The van der Waals surface area contributed by atoms with Crippen molar-refractivity contribution in [3.8, 4) is 22.8 Å². The van der Waals surface area contributed by atoms with Crippen molar-refractivity contribution < 1.29 is 18.7 Å². The molecule has 0 bridgehead atoms. The van der Waals surface area contributed by atoms with Gasteiger partial charge in [-0.05, 0) is 42.5 Å². The van der Waals surface area contributed by atoms with E-state index in [1.165, 1.54) is 6.21 Å². The fourth-order valence-electron chi connectivity index (χ4n) is 2.57. The molecule has 2 N–H and O–H groups in total. The first-order valence-electron chi connectivity index (χ1n) is 8.73. The van der Waals surface area contributed by atoms with Gasteiger partial charge in [-0.3, -0.25) is 4.79 Å². The number of carbonyl (C=O) groups is 1. The van der Waals surface area contributed by atoms with Crippen molar-refractivity contribution in [1.82, 2.24) is 5.43 Å². The number of methoxy groups -OCH3 is 2. The summed E-state index contributed by atoms with van der Waals surface area (Å²) >= 11 is 6.14. The van der Waals surface area contributed by atoms with Crippen molar-refractivity contribution in [2.75, 3.05) is 26.1 Å². The molecule has 150 valence electrons. The molecule has 7 nitrogen and oxygen atoms in total. The highest BCUT2D eigenvalue weighted by Gasteiger charge is 2.08. The predicted octanol–water partition coefficient (Wildman–Crippen LogP) is 4.18. The summed E-state index contributed by atoms with van der Waals surface area (Å²) < 4.78 is 16.1. The maximum Gasteiger partial charge on any atom is 0.259 e. The van der Waals surface area contributed by atoms with Crippen LogP contribution < -0.4 is 20.2 Å². The van der Waals surface area contributed by atoms with Gasteiger partial charge in [0.2, 0.25) is 0 Å². The number of rotatable bonds is 8. The molecule has 3 rings (SSSR count). The lowest BCUT2D eigenvalue weighted by molar-refractivity contribution is -0.119. The lowest BCUT2D eigenvalue weighted by Gasteiger charge is -2.09. The lowest BCUT2D eigenvalue weighted by atomic mass is 10.2. The van der Waals surface area contributed by atoms with Crippen LogP contribution in [0.15, 0.2) is 64.1 Å². The number of nitrogens with one attached hydrogen (secondary N) is 2. The molecule has 0 saturated carbocycles. The van der Waals surface area contributed by atoms with Gasteiger partial charge in [0.25, 0.3) is 5.91 Å². The maximum atomic E-state index is 11.9. The number of hydrogen-bond donors (Lipinski definition) is 2. The zero-order valence-corrected chi connectivity index (χ0v) is 16.7. The third-order valence-corrected chi connectivity index (χ3v) is 4.29. The largest absolute Gasteiger partial charge is 0.495 e. The number of benzene rings is 2. The predicted molar refractivity (Wildman–Crippen MR) is 113 cm³/mol. The van der Waals surface area contributed by atoms with Crippen LogP contribution in [0.1, 0.15) is 5.76 Å². The van der Waals surface area contributed by atoms with E-state index in [1.54, 1.807) is 38.5 Å². The minimum Gasteiger partial charge on any atom is -0.495 e. The Labute approximate surface area is 173 Å². The zero-order chi connectivity index (χ0) is 20.6. The Kier molecular flexibility index (Phi) is 6.76. The normalized spacial score (nSPS) is 10.7. The van der Waals surface area contributed by atoms with Gasteiger partial charge in [0.15, 0.2) is 0 Å². The van der Waals surface area contributed by atoms with Gasteiger partial charge in [-0.1, -0.05) is 23.7 Å². The lowest BCUT2D eigenvalue weighted by Crippen LogP contribution is -2.26. The van der Waals surface area contributed by atoms with Crippen molar-refractivity contribution in [3.63, 3.8) is 0 Å². The van der Waals surface area contributed by atoms with E-state index < -0.39 is 0 Å². The molecule has 0 radical (unpaired) electrons. The first-order chi connectivity index (χ1) is 14.1. The van der Waals surface area contributed by atoms with Gasteiger partial charge in [-0.25, -0.2) is 5.43 Å². The number of amides is 1. The fraction of sp³-hybridized carbons (Fsp3) is 0.143. The Hall–Kier alpha value is -3.45. The van der Waals surface area contributed by atoms with E-state index in [2.05, 4.69) is 15.8 Å². The van der Waals surface area contributed by atoms with E-state index in [0.717, 1.165) is 11.3 Å². The number of halogens is 1. The smallest absolute Gasteiger partial charge is 0.259 e. The van der Waals surface area contributed by atoms with Crippen molar-refractivity contribution in [2.24, 2.45) is 5.10 Å². The van der Waals surface area contributed by atoms with Crippen molar-refractivity contribution in [1.29, 1.82) is 0 Å². The van der Waals surface area contributed by atoms with Crippen molar-refractivity contribution >= 4 is 29.4 Å². The Bertz CT molecular complexity index is 1020. The van der Waals surface area contributed by atoms with Gasteiger partial charge in [-0.15, -0.1) is 0 Å². The number of hydrogen-bond acceptors (Lipinski definition) is 6. The second-order valence-corrected chi connectivity index (χ2v) is 6.31. The van der Waals surface area contributed by atoms with E-state index in [4.69, 9.17) is 25.5 Å². The van der Waals surface area contributed by atoms with Crippen LogP contribution in [0.2, 0.25) is 5.02 Å². The molecule has 1 heterocycles. The quantitative estimate of drug-likeness (QED) is 0.427. The van der Waals surface area contributed by atoms with Crippen LogP contribution >= 0.6 is 11.6 Å². The summed E-state index contributed by atoms with van der Waals surface area (Å²) in [4.78, 5) is 11.9. The number of ether oxygens (including phenoxy) is 2. The zero-order valence-electron chi connectivity index (χ0n) is 15.9. The Morgan fingerprint density at radius 1 is 1.10 bits per heavy atom. The number of carbonyl (C=O) groups excluding carboxylic acids is 1. The Balaban J connectivity index is 1.54. The minimum absolute atomic E-state index is 0.0471. The Morgan fingerprint density at radius 2 is 1.90 bits per heavy atom. The van der Waals surface area contributed by atoms with Gasteiger partial charge < -0.3 is 19.2 Å². The van der Waals surface area contributed by atoms with Gasteiger partial charge in [0.1, 0.15) is 23.0 Å². The molecule has 0 aliphatic heterocycles. The van der Waals surface area contributed by atoms with E-state index >= 15 is 0 Å². The van der Waals surface area contributed by atoms with E-state index in [1.807, 2.05) is 30.3 Å². The first-order valence-corrected chi connectivity index (χ1v) is 9.11. The summed E-state index contributed by atoms with van der Waals surface area (Å²) in [5.74, 6) is 2.06. The second-order valence-electron chi connectivity index (χ2n) is 5.90. The van der Waals surface area contributed by atoms with Crippen molar-refractivity contribution in [2.45, 2.75) is 0 Å². The van der Waals surface area contributed by atoms with Crippen LogP contribution in [0.3, 0.4) is 0 Å². The summed E-state index contributed by atoms with van der Waals surface area (Å²) in [5.41, 5.74) is 3.97. The average molecular weight is 414 g/mol. The van der Waals surface area contributed by atoms with Crippen LogP contribution in [-0.2, 0) is 4.79 Å². The molecule has 8 heteroatoms. The summed E-state index contributed by atoms with van der Waals surface area (Å²) in [7, 11) is 3.13. The molecular formula is C21H20ClN3O4. The Morgan fingerprint density at radius 3 is 2.66 bits per heavy atom. The van der Waals surface area contributed by atoms with Crippen LogP contribution in [0.25, 0.3) is 11.3 Å². The molecule has 0 saturated heterocycles. The average Bonchev–Trinajstić information content (AvgIpc) is 3.21. The first kappa shape index (κ1) is 20.3. The van der Waals surface area contributed by atoms with Crippen LogP contribution in [-0.4, -0.2) is 32.9 Å².